The third-order valence-electron chi connectivity index (χ3n) is 3.50. The van der Waals surface area contributed by atoms with Gasteiger partial charge in [0, 0.05) is 29.8 Å². The number of Topliss-reactive ketones (excluding diaryl/α,β-unsaturated/α-hetero) is 1. The Balaban J connectivity index is 2.86. The Morgan fingerprint density at radius 1 is 1.25 bits per heavy atom. The molecule has 0 radical (unpaired) electrons. The van der Waals surface area contributed by atoms with Gasteiger partial charge < -0.3 is 14.8 Å². The maximum absolute atomic E-state index is 12.7. The van der Waals surface area contributed by atoms with Crippen molar-refractivity contribution in [3.63, 3.8) is 0 Å². The van der Waals surface area contributed by atoms with Gasteiger partial charge in [-0.3, -0.25) is 9.59 Å². The minimum Gasteiger partial charge on any atom is -0.464 e. The third kappa shape index (κ3) is 6.99. The van der Waals surface area contributed by atoms with Gasteiger partial charge in [-0.05, 0) is 31.6 Å². The molecule has 1 N–H and O–H groups in total. The minimum absolute atomic E-state index is 0.103. The zero-order valence-corrected chi connectivity index (χ0v) is 14.3. The van der Waals surface area contributed by atoms with Crippen molar-refractivity contribution >= 4 is 17.7 Å². The van der Waals surface area contributed by atoms with Crippen molar-refractivity contribution in [3.05, 3.63) is 0 Å². The standard InChI is InChI=1S/C18H31NO5/c1-6-23-18(22)16-15(24-16)14(20)10-13(9-12(4)5)17(21)19-8-7-11(2)3/h11-13,15-16H,6-10H2,1-5H3,(H,19,21)/t13-,15-,16+/m1/s1/i2D3,4D3,11D,12D/t11?,12?,13-,15-,16+. The first kappa shape index (κ1) is 11.2. The molecule has 0 aromatic rings. The molecule has 1 rings (SSSR count). The Morgan fingerprint density at radius 2 is 1.96 bits per heavy atom. The van der Waals surface area contributed by atoms with Crippen molar-refractivity contribution in [2.75, 3.05) is 13.2 Å². The number of ether oxygens (including phenoxy) is 2. The molecule has 1 aliphatic heterocycles. The summed E-state index contributed by atoms with van der Waals surface area (Å²) in [4.78, 5) is 36.9. The number of hydrogen-bond donors (Lipinski definition) is 1. The van der Waals surface area contributed by atoms with E-state index < -0.39 is 74.1 Å². The summed E-state index contributed by atoms with van der Waals surface area (Å²) >= 11 is 0. The fourth-order valence-corrected chi connectivity index (χ4v) is 2.26. The number of ketones is 1. The molecule has 0 saturated carbocycles. The SMILES string of the molecule is [2H]C([2H])([2H])C([2H])(C)CCNC(=O)[C@@H](CC(=O)[C@H]1O[C@@H]1C(=O)OCC)CC([2H])(C)C([2H])([2H])[2H]. The molecular weight excluding hydrogens is 310 g/mol. The summed E-state index contributed by atoms with van der Waals surface area (Å²) in [7, 11) is 0. The third-order valence-corrected chi connectivity index (χ3v) is 3.50. The Bertz CT molecular complexity index is 704. The molecule has 2 unspecified atom stereocenters. The van der Waals surface area contributed by atoms with Gasteiger partial charge in [0.25, 0.3) is 0 Å². The Hall–Kier alpha value is -1.43. The molecule has 0 bridgehead atoms. The molecule has 0 aromatic heterocycles. The fraction of sp³-hybridized carbons (Fsp3) is 0.833. The molecular formula is C18H31NO5. The largest absolute Gasteiger partial charge is 0.464 e. The number of hydrogen-bond acceptors (Lipinski definition) is 5. The lowest BCUT2D eigenvalue weighted by Crippen LogP contribution is -2.35. The second-order valence-electron chi connectivity index (χ2n) is 5.90. The lowest BCUT2D eigenvalue weighted by Gasteiger charge is -2.18. The van der Waals surface area contributed by atoms with E-state index in [0.29, 0.717) is 0 Å². The summed E-state index contributed by atoms with van der Waals surface area (Å²) < 4.78 is 70.5. The maximum atomic E-state index is 12.7. The van der Waals surface area contributed by atoms with E-state index in [4.69, 9.17) is 20.4 Å². The summed E-state index contributed by atoms with van der Waals surface area (Å²) in [5.74, 6) is -7.12. The van der Waals surface area contributed by atoms with Crippen LogP contribution in [0.1, 0.15) is 64.7 Å². The molecule has 1 aliphatic rings. The van der Waals surface area contributed by atoms with Gasteiger partial charge in [0.15, 0.2) is 18.0 Å². The predicted molar refractivity (Wildman–Crippen MR) is 90.3 cm³/mol. The predicted octanol–water partition coefficient (Wildman–Crippen LogP) is 2.10. The minimum atomic E-state index is -2.72. The normalized spacial score (nSPS) is 31.6. The molecule has 1 fully saturated rings. The second-order valence-corrected chi connectivity index (χ2v) is 5.90. The van der Waals surface area contributed by atoms with Gasteiger partial charge in [-0.1, -0.05) is 27.6 Å². The van der Waals surface area contributed by atoms with Gasteiger partial charge in [-0.2, -0.15) is 0 Å². The van der Waals surface area contributed by atoms with E-state index in [0.717, 1.165) is 6.92 Å². The van der Waals surface area contributed by atoms with E-state index in [9.17, 15) is 14.4 Å². The van der Waals surface area contributed by atoms with Crippen molar-refractivity contribution in [1.82, 2.24) is 5.32 Å². The number of esters is 1. The van der Waals surface area contributed by atoms with Gasteiger partial charge in [0.2, 0.25) is 5.91 Å². The summed E-state index contributed by atoms with van der Waals surface area (Å²) in [5.41, 5.74) is 0. The second kappa shape index (κ2) is 9.77. The smallest absolute Gasteiger partial charge is 0.338 e. The lowest BCUT2D eigenvalue weighted by molar-refractivity contribution is -0.144. The molecule has 0 spiro atoms. The molecule has 1 amide bonds. The van der Waals surface area contributed by atoms with Crippen LogP contribution in [0, 0.1) is 17.7 Å². The van der Waals surface area contributed by atoms with Crippen molar-refractivity contribution in [1.29, 1.82) is 0 Å². The number of nitrogens with one attached hydrogen (secondary N) is 1. The molecule has 1 heterocycles. The van der Waals surface area contributed by atoms with Crippen LogP contribution in [0.15, 0.2) is 0 Å². The molecule has 24 heavy (non-hydrogen) atoms. The zero-order valence-electron chi connectivity index (χ0n) is 22.3. The van der Waals surface area contributed by atoms with E-state index in [1.807, 2.05) is 0 Å². The maximum Gasteiger partial charge on any atom is 0.338 e. The summed E-state index contributed by atoms with van der Waals surface area (Å²) in [6.45, 7) is -1.44. The zero-order chi connectivity index (χ0) is 25.1. The molecule has 6 heteroatoms. The summed E-state index contributed by atoms with van der Waals surface area (Å²) in [5, 5.41) is 2.44. The average molecular weight is 349 g/mol. The van der Waals surface area contributed by atoms with Crippen LogP contribution >= 0.6 is 0 Å². The first-order valence-electron chi connectivity index (χ1n) is 12.0. The molecule has 0 aromatic carbocycles. The molecule has 1 saturated heterocycles. The van der Waals surface area contributed by atoms with Crippen LogP contribution in [0.5, 0.6) is 0 Å². The Labute approximate surface area is 155 Å². The van der Waals surface area contributed by atoms with Crippen LogP contribution in [-0.2, 0) is 23.9 Å². The number of carbonyl (C=O) groups excluding carboxylic acids is 3. The van der Waals surface area contributed by atoms with Gasteiger partial charge in [-0.25, -0.2) is 4.79 Å². The number of epoxide rings is 1. The van der Waals surface area contributed by atoms with Crippen LogP contribution in [0.3, 0.4) is 0 Å². The van der Waals surface area contributed by atoms with E-state index in [1.54, 1.807) is 6.92 Å². The molecule has 0 aliphatic carbocycles. The highest BCUT2D eigenvalue weighted by molar-refractivity contribution is 5.96. The quantitative estimate of drug-likeness (QED) is 0.456. The first-order chi connectivity index (χ1) is 14.3. The summed E-state index contributed by atoms with van der Waals surface area (Å²) in [6.07, 6.45) is -3.31. The van der Waals surface area contributed by atoms with Gasteiger partial charge in [0.1, 0.15) is 0 Å². The molecule has 138 valence electrons. The monoisotopic (exact) mass is 349 g/mol. The van der Waals surface area contributed by atoms with Gasteiger partial charge in [-0.15, -0.1) is 0 Å². The van der Waals surface area contributed by atoms with E-state index >= 15 is 0 Å². The highest BCUT2D eigenvalue weighted by Gasteiger charge is 2.51. The van der Waals surface area contributed by atoms with E-state index in [2.05, 4.69) is 5.32 Å². The number of carbonyl (C=O) groups is 3. The Kier molecular flexibility index (Phi) is 4.57. The first-order valence-corrected chi connectivity index (χ1v) is 7.96. The Morgan fingerprint density at radius 3 is 2.58 bits per heavy atom. The molecule has 5 atom stereocenters. The average Bonchev–Trinajstić information content (AvgIpc) is 3.39. The van der Waals surface area contributed by atoms with Crippen LogP contribution in [0.25, 0.3) is 0 Å². The van der Waals surface area contributed by atoms with Crippen molar-refractivity contribution in [2.24, 2.45) is 17.7 Å². The van der Waals surface area contributed by atoms with Gasteiger partial charge in [0.05, 0.1) is 6.61 Å². The van der Waals surface area contributed by atoms with Crippen molar-refractivity contribution < 1.29 is 34.8 Å². The van der Waals surface area contributed by atoms with Gasteiger partial charge >= 0.3 is 5.97 Å². The van der Waals surface area contributed by atoms with Crippen LogP contribution in [0.2, 0.25) is 0 Å². The highest BCUT2D eigenvalue weighted by Crippen LogP contribution is 2.28. The summed E-state index contributed by atoms with van der Waals surface area (Å²) in [6, 6.07) is 0. The number of amides is 1. The van der Waals surface area contributed by atoms with Crippen molar-refractivity contribution in [2.45, 2.75) is 65.9 Å². The van der Waals surface area contributed by atoms with E-state index in [1.165, 1.54) is 6.92 Å². The number of rotatable bonds is 11. The van der Waals surface area contributed by atoms with Crippen LogP contribution in [0.4, 0.5) is 0 Å². The topological polar surface area (TPSA) is 85.0 Å². The highest BCUT2D eigenvalue weighted by atomic mass is 16.6. The van der Waals surface area contributed by atoms with Crippen LogP contribution < -0.4 is 5.32 Å². The fourth-order valence-electron chi connectivity index (χ4n) is 2.26. The van der Waals surface area contributed by atoms with Crippen LogP contribution in [-0.4, -0.2) is 43.0 Å². The molecule has 6 nitrogen and oxygen atoms in total. The lowest BCUT2D eigenvalue weighted by atomic mass is 9.90. The van der Waals surface area contributed by atoms with E-state index in [-0.39, 0.29) is 19.6 Å². The van der Waals surface area contributed by atoms with Crippen molar-refractivity contribution in [3.8, 4) is 0 Å².